The predicted molar refractivity (Wildman–Crippen MR) is 168 cm³/mol. The third-order valence-electron chi connectivity index (χ3n) is 8.36. The Morgan fingerprint density at radius 3 is 2.21 bits per heavy atom. The van der Waals surface area contributed by atoms with E-state index in [1.165, 1.54) is 5.56 Å². The van der Waals surface area contributed by atoms with Gasteiger partial charge in [-0.15, -0.1) is 0 Å². The van der Waals surface area contributed by atoms with Crippen molar-refractivity contribution in [3.8, 4) is 11.5 Å². The molecule has 0 bridgehead atoms. The van der Waals surface area contributed by atoms with Gasteiger partial charge in [-0.25, -0.2) is 9.24 Å². The molecule has 2 fully saturated rings. The molecule has 0 N–H and O–H groups in total. The molecule has 2 aliphatic rings. The Labute approximate surface area is 255 Å². The number of nitrogens with zero attached hydrogens (tertiary/aromatic N) is 3. The maximum atomic E-state index is 15.2. The van der Waals surface area contributed by atoms with Crippen LogP contribution in [0.25, 0.3) is 4.85 Å². The highest BCUT2D eigenvalue weighted by molar-refractivity contribution is 5.96. The molecule has 0 amide bonds. The molecule has 0 unspecified atom stereocenters. The number of ether oxygens (including phenoxy) is 2. The van der Waals surface area contributed by atoms with Crippen LogP contribution in [0.4, 0.5) is 10.1 Å². The largest absolute Gasteiger partial charge is 0.491 e. The zero-order chi connectivity index (χ0) is 30.2. The zero-order valence-corrected chi connectivity index (χ0v) is 25.3. The highest BCUT2D eigenvalue weighted by Gasteiger charge is 2.31. The standard InChI is InChI=1S/C36H42FN3O3/c1-26(2)42-32-13-9-29(10-14-32)24-40-20-17-36(34(37)25-40)43-33-6-4-5-30(22-33)35(41)21-27-15-18-39(19-16-27)23-28-7-11-31(38-3)12-8-28/h4-14,22,26-27,34,36H,15-21,23-25H2,1-2H3/t34-,36-/m1/s1. The van der Waals surface area contributed by atoms with E-state index in [0.717, 1.165) is 50.3 Å². The van der Waals surface area contributed by atoms with E-state index in [9.17, 15) is 4.79 Å². The fraction of sp³-hybridized carbons (Fsp3) is 0.444. The fourth-order valence-electron chi connectivity index (χ4n) is 6.01. The number of benzene rings is 3. The van der Waals surface area contributed by atoms with E-state index in [0.29, 0.717) is 48.8 Å². The van der Waals surface area contributed by atoms with Gasteiger partial charge in [0.15, 0.2) is 11.5 Å². The lowest BCUT2D eigenvalue weighted by molar-refractivity contribution is 0.0190. The first-order valence-corrected chi connectivity index (χ1v) is 15.5. The van der Waals surface area contributed by atoms with Crippen LogP contribution in [-0.4, -0.2) is 60.1 Å². The molecule has 0 saturated carbocycles. The number of ketones is 1. The fourth-order valence-corrected chi connectivity index (χ4v) is 6.01. The second-order valence-corrected chi connectivity index (χ2v) is 12.2. The summed E-state index contributed by atoms with van der Waals surface area (Å²) in [5, 5.41) is 0. The summed E-state index contributed by atoms with van der Waals surface area (Å²) in [7, 11) is 0. The molecule has 2 atom stereocenters. The maximum Gasteiger partial charge on any atom is 0.187 e. The van der Waals surface area contributed by atoms with E-state index < -0.39 is 12.3 Å². The Kier molecular flexibility index (Phi) is 10.5. The van der Waals surface area contributed by atoms with Crippen molar-refractivity contribution >= 4 is 11.5 Å². The number of Topliss-reactive ketones (excluding diaryl/α,β-unsaturated/α-hetero) is 1. The third kappa shape index (κ3) is 8.89. The lowest BCUT2D eigenvalue weighted by atomic mass is 9.89. The SMILES string of the molecule is [C-]#[N+]c1ccc(CN2CCC(CC(=O)c3cccc(O[C@@H]4CCN(Cc5ccc(OC(C)C)cc5)C[C@H]4F)c3)CC2)cc1. The summed E-state index contributed by atoms with van der Waals surface area (Å²) >= 11 is 0. The molecule has 43 heavy (non-hydrogen) atoms. The van der Waals surface area contributed by atoms with E-state index >= 15 is 4.39 Å². The number of carbonyl (C=O) groups excluding carboxylic acids is 1. The van der Waals surface area contributed by atoms with Gasteiger partial charge in [0.2, 0.25) is 0 Å². The molecule has 2 saturated heterocycles. The Balaban J connectivity index is 1.06. The zero-order valence-electron chi connectivity index (χ0n) is 25.3. The summed E-state index contributed by atoms with van der Waals surface area (Å²) in [6.45, 7) is 15.6. The lowest BCUT2D eigenvalue weighted by Gasteiger charge is -2.34. The molecule has 0 radical (unpaired) electrons. The number of carbonyl (C=O) groups is 1. The molecule has 7 heteroatoms. The Bertz CT molecular complexity index is 1380. The number of halogens is 1. The number of hydrogen-bond acceptors (Lipinski definition) is 5. The van der Waals surface area contributed by atoms with Crippen LogP contribution >= 0.6 is 0 Å². The van der Waals surface area contributed by atoms with E-state index in [4.69, 9.17) is 16.0 Å². The van der Waals surface area contributed by atoms with Crippen molar-refractivity contribution in [2.24, 2.45) is 5.92 Å². The van der Waals surface area contributed by atoms with Gasteiger partial charge in [0.05, 0.1) is 12.7 Å². The van der Waals surface area contributed by atoms with Crippen molar-refractivity contribution in [2.75, 3.05) is 26.2 Å². The smallest absolute Gasteiger partial charge is 0.187 e. The molecule has 0 aliphatic carbocycles. The van der Waals surface area contributed by atoms with Gasteiger partial charge in [0.1, 0.15) is 23.8 Å². The minimum Gasteiger partial charge on any atom is -0.491 e. The highest BCUT2D eigenvalue weighted by atomic mass is 19.1. The first-order valence-electron chi connectivity index (χ1n) is 15.5. The topological polar surface area (TPSA) is 46.4 Å². The molecule has 6 nitrogen and oxygen atoms in total. The Hall–Kier alpha value is -3.73. The average Bonchev–Trinajstić information content (AvgIpc) is 3.01. The second kappa shape index (κ2) is 14.6. The van der Waals surface area contributed by atoms with Crippen LogP contribution in [-0.2, 0) is 13.1 Å². The van der Waals surface area contributed by atoms with Gasteiger partial charge in [0.25, 0.3) is 0 Å². The van der Waals surface area contributed by atoms with Gasteiger partial charge >= 0.3 is 0 Å². The van der Waals surface area contributed by atoms with Crippen LogP contribution in [0.2, 0.25) is 0 Å². The first-order chi connectivity index (χ1) is 20.8. The van der Waals surface area contributed by atoms with Crippen molar-refractivity contribution in [2.45, 2.75) is 71.0 Å². The van der Waals surface area contributed by atoms with E-state index in [2.05, 4.69) is 14.6 Å². The second-order valence-electron chi connectivity index (χ2n) is 12.2. The Morgan fingerprint density at radius 1 is 0.907 bits per heavy atom. The molecule has 5 rings (SSSR count). The van der Waals surface area contributed by atoms with Crippen molar-refractivity contribution in [1.82, 2.24) is 9.80 Å². The average molecular weight is 584 g/mol. The van der Waals surface area contributed by atoms with Crippen LogP contribution in [0.5, 0.6) is 11.5 Å². The minimum absolute atomic E-state index is 0.120. The monoisotopic (exact) mass is 583 g/mol. The number of hydrogen-bond donors (Lipinski definition) is 0. The summed E-state index contributed by atoms with van der Waals surface area (Å²) in [5.41, 5.74) is 3.64. The van der Waals surface area contributed by atoms with Crippen molar-refractivity contribution < 1.29 is 18.7 Å². The maximum absolute atomic E-state index is 15.2. The molecule has 3 aromatic carbocycles. The van der Waals surface area contributed by atoms with E-state index in [-0.39, 0.29) is 11.9 Å². The number of rotatable bonds is 11. The normalized spacial score (nSPS) is 20.1. The summed E-state index contributed by atoms with van der Waals surface area (Å²) in [4.78, 5) is 21.2. The molecule has 0 spiro atoms. The van der Waals surface area contributed by atoms with Gasteiger partial charge < -0.3 is 9.47 Å². The third-order valence-corrected chi connectivity index (χ3v) is 8.36. The molecule has 0 aromatic heterocycles. The first kappa shape index (κ1) is 30.7. The number of likely N-dealkylation sites (tertiary alicyclic amines) is 2. The van der Waals surface area contributed by atoms with Crippen molar-refractivity contribution in [3.05, 3.63) is 101 Å². The molecule has 226 valence electrons. The van der Waals surface area contributed by atoms with E-state index in [1.807, 2.05) is 80.6 Å². The van der Waals surface area contributed by atoms with Crippen LogP contribution in [0.3, 0.4) is 0 Å². The van der Waals surface area contributed by atoms with Crippen LogP contribution in [0, 0.1) is 12.5 Å². The number of alkyl halides is 1. The van der Waals surface area contributed by atoms with Crippen LogP contribution < -0.4 is 9.47 Å². The predicted octanol–water partition coefficient (Wildman–Crippen LogP) is 7.50. The van der Waals surface area contributed by atoms with Crippen LogP contribution in [0.1, 0.15) is 61.0 Å². The molecule has 2 aliphatic heterocycles. The summed E-state index contributed by atoms with van der Waals surface area (Å²) in [5.74, 6) is 1.88. The van der Waals surface area contributed by atoms with Crippen LogP contribution in [0.15, 0.2) is 72.8 Å². The van der Waals surface area contributed by atoms with Crippen molar-refractivity contribution in [1.29, 1.82) is 0 Å². The molecule has 2 heterocycles. The van der Waals surface area contributed by atoms with Crippen molar-refractivity contribution in [3.63, 3.8) is 0 Å². The summed E-state index contributed by atoms with van der Waals surface area (Å²) in [6.07, 6.45) is 1.59. The van der Waals surface area contributed by atoms with Gasteiger partial charge in [-0.1, -0.05) is 48.5 Å². The molecular formula is C36H42FN3O3. The van der Waals surface area contributed by atoms with Gasteiger partial charge in [-0.3, -0.25) is 14.6 Å². The molecular weight excluding hydrogens is 541 g/mol. The van der Waals surface area contributed by atoms with Gasteiger partial charge in [-0.05, 0) is 87.5 Å². The minimum atomic E-state index is -1.10. The highest BCUT2D eigenvalue weighted by Crippen LogP contribution is 2.27. The lowest BCUT2D eigenvalue weighted by Crippen LogP contribution is -2.46. The van der Waals surface area contributed by atoms with Gasteiger partial charge in [-0.2, -0.15) is 0 Å². The van der Waals surface area contributed by atoms with E-state index in [1.54, 1.807) is 6.07 Å². The number of piperidine rings is 2. The quantitative estimate of drug-likeness (QED) is 0.173. The Morgan fingerprint density at radius 2 is 1.56 bits per heavy atom. The van der Waals surface area contributed by atoms with Gasteiger partial charge in [0, 0.05) is 38.2 Å². The molecule has 3 aromatic rings. The summed E-state index contributed by atoms with van der Waals surface area (Å²) < 4.78 is 27.0. The summed E-state index contributed by atoms with van der Waals surface area (Å²) in [6, 6.07) is 23.1.